The molecule has 0 spiro atoms. The summed E-state index contributed by atoms with van der Waals surface area (Å²) in [5, 5.41) is 12.2. The van der Waals surface area contributed by atoms with Crippen LogP contribution in [-0.2, 0) is 10.0 Å². The van der Waals surface area contributed by atoms with Crippen molar-refractivity contribution in [2.24, 2.45) is 0 Å². The number of para-hydroxylation sites is 1. The maximum atomic E-state index is 12.9. The van der Waals surface area contributed by atoms with Gasteiger partial charge < -0.3 is 0 Å². The average Bonchev–Trinajstić information content (AvgIpc) is 3.12. The molecule has 3 aromatic rings. The van der Waals surface area contributed by atoms with Crippen LogP contribution in [0.2, 0.25) is 0 Å². The molecule has 28 heavy (non-hydrogen) atoms. The standard InChI is InChI=1S/C19H19N3O4S2/c1-13-6-7-15(12-17(13)22(23)24)28(25,26)21-10-8-14(9-11-21)19-20-16-4-2-3-5-18(16)27-19/h2-7,12,14H,8-11H2,1H3. The molecule has 0 atom stereocenters. The van der Waals surface area contributed by atoms with E-state index in [0.717, 1.165) is 21.3 Å². The summed E-state index contributed by atoms with van der Waals surface area (Å²) in [5.74, 6) is 0.233. The zero-order valence-electron chi connectivity index (χ0n) is 15.2. The maximum absolute atomic E-state index is 12.9. The summed E-state index contributed by atoms with van der Waals surface area (Å²) >= 11 is 1.66. The first-order valence-corrected chi connectivity index (χ1v) is 11.2. The summed E-state index contributed by atoms with van der Waals surface area (Å²) in [6.45, 7) is 2.35. The Hall–Kier alpha value is -2.36. The number of nitro benzene ring substituents is 1. The third-order valence-corrected chi connectivity index (χ3v) is 8.22. The van der Waals surface area contributed by atoms with Gasteiger partial charge in [0, 0.05) is 30.6 Å². The number of aromatic nitrogens is 1. The number of hydrogen-bond acceptors (Lipinski definition) is 6. The van der Waals surface area contributed by atoms with Gasteiger partial charge in [-0.3, -0.25) is 10.1 Å². The highest BCUT2D eigenvalue weighted by atomic mass is 32.2. The summed E-state index contributed by atoms with van der Waals surface area (Å²) in [5.41, 5.74) is 1.24. The lowest BCUT2D eigenvalue weighted by Crippen LogP contribution is -2.37. The van der Waals surface area contributed by atoms with Gasteiger partial charge in [0.25, 0.3) is 5.69 Å². The van der Waals surface area contributed by atoms with E-state index >= 15 is 0 Å². The minimum Gasteiger partial charge on any atom is -0.258 e. The third kappa shape index (κ3) is 3.41. The van der Waals surface area contributed by atoms with Crippen LogP contribution < -0.4 is 0 Å². The molecule has 1 saturated heterocycles. The normalized spacial score (nSPS) is 16.5. The highest BCUT2D eigenvalue weighted by molar-refractivity contribution is 7.89. The van der Waals surface area contributed by atoms with Crippen LogP contribution in [0.4, 0.5) is 5.69 Å². The fraction of sp³-hybridized carbons (Fsp3) is 0.316. The maximum Gasteiger partial charge on any atom is 0.273 e. The Kier molecular flexibility index (Phi) is 4.90. The molecule has 4 rings (SSSR count). The van der Waals surface area contributed by atoms with E-state index in [9.17, 15) is 18.5 Å². The summed E-state index contributed by atoms with van der Waals surface area (Å²) in [7, 11) is -3.75. The van der Waals surface area contributed by atoms with Crippen LogP contribution in [0, 0.1) is 17.0 Å². The van der Waals surface area contributed by atoms with Gasteiger partial charge in [-0.15, -0.1) is 11.3 Å². The number of nitro groups is 1. The predicted molar refractivity (Wildman–Crippen MR) is 108 cm³/mol. The smallest absolute Gasteiger partial charge is 0.258 e. The first-order valence-electron chi connectivity index (χ1n) is 8.97. The lowest BCUT2D eigenvalue weighted by molar-refractivity contribution is -0.385. The first kappa shape index (κ1) is 19.0. The second kappa shape index (κ2) is 7.23. The Morgan fingerprint density at radius 1 is 1.18 bits per heavy atom. The number of sulfonamides is 1. The molecule has 0 bridgehead atoms. The molecular weight excluding hydrogens is 398 g/mol. The number of thiazole rings is 1. The van der Waals surface area contributed by atoms with Crippen LogP contribution in [0.25, 0.3) is 10.2 Å². The van der Waals surface area contributed by atoms with Crippen LogP contribution in [0.3, 0.4) is 0 Å². The fourth-order valence-electron chi connectivity index (χ4n) is 3.50. The van der Waals surface area contributed by atoms with Crippen LogP contribution in [-0.4, -0.2) is 35.7 Å². The Morgan fingerprint density at radius 2 is 1.89 bits per heavy atom. The van der Waals surface area contributed by atoms with E-state index in [4.69, 9.17) is 4.98 Å². The molecule has 2 aromatic carbocycles. The summed E-state index contributed by atoms with van der Waals surface area (Å²) in [6.07, 6.45) is 1.38. The largest absolute Gasteiger partial charge is 0.273 e. The van der Waals surface area contributed by atoms with E-state index in [2.05, 4.69) is 0 Å². The van der Waals surface area contributed by atoms with Crippen molar-refractivity contribution in [3.63, 3.8) is 0 Å². The zero-order chi connectivity index (χ0) is 19.9. The Bertz CT molecular complexity index is 1120. The molecule has 0 saturated carbocycles. The van der Waals surface area contributed by atoms with E-state index in [0.29, 0.717) is 31.5 Å². The molecule has 0 amide bonds. The summed E-state index contributed by atoms with van der Waals surface area (Å²) in [4.78, 5) is 15.3. The number of aryl methyl sites for hydroxylation is 1. The lowest BCUT2D eigenvalue weighted by atomic mass is 9.99. The van der Waals surface area contributed by atoms with Gasteiger partial charge in [-0.25, -0.2) is 13.4 Å². The van der Waals surface area contributed by atoms with Crippen LogP contribution in [0.5, 0.6) is 0 Å². The van der Waals surface area contributed by atoms with E-state index in [1.807, 2.05) is 24.3 Å². The molecule has 1 aliphatic heterocycles. The van der Waals surface area contributed by atoms with E-state index in [1.54, 1.807) is 18.3 Å². The molecule has 2 heterocycles. The molecular formula is C19H19N3O4S2. The number of piperidine rings is 1. The first-order chi connectivity index (χ1) is 13.4. The predicted octanol–water partition coefficient (Wildman–Crippen LogP) is 4.08. The number of benzene rings is 2. The fourth-order valence-corrected chi connectivity index (χ4v) is 6.13. The Balaban J connectivity index is 1.52. The SMILES string of the molecule is Cc1ccc(S(=O)(=O)N2CCC(c3nc4ccccc4s3)CC2)cc1[N+](=O)[O-]. The molecule has 0 radical (unpaired) electrons. The molecule has 1 fully saturated rings. The zero-order valence-corrected chi connectivity index (χ0v) is 16.9. The minimum absolute atomic E-state index is 0.0248. The van der Waals surface area contributed by atoms with Gasteiger partial charge in [-0.05, 0) is 38.0 Å². The monoisotopic (exact) mass is 417 g/mol. The van der Waals surface area contributed by atoms with Crippen molar-refractivity contribution in [3.8, 4) is 0 Å². The molecule has 7 nitrogen and oxygen atoms in total. The van der Waals surface area contributed by atoms with Gasteiger partial charge in [0.15, 0.2) is 0 Å². The van der Waals surface area contributed by atoms with Gasteiger partial charge >= 0.3 is 0 Å². The summed E-state index contributed by atoms with van der Waals surface area (Å²) in [6, 6.07) is 12.1. The lowest BCUT2D eigenvalue weighted by Gasteiger charge is -2.30. The number of rotatable bonds is 4. The van der Waals surface area contributed by atoms with Crippen molar-refractivity contribution in [2.45, 2.75) is 30.6 Å². The van der Waals surface area contributed by atoms with E-state index < -0.39 is 14.9 Å². The molecule has 0 aliphatic carbocycles. The molecule has 0 N–H and O–H groups in total. The quantitative estimate of drug-likeness (QED) is 0.471. The highest BCUT2D eigenvalue weighted by Crippen LogP contribution is 2.35. The van der Waals surface area contributed by atoms with Gasteiger partial charge in [0.05, 0.1) is 25.0 Å². The number of hydrogen-bond donors (Lipinski definition) is 0. The van der Waals surface area contributed by atoms with Gasteiger partial charge in [-0.1, -0.05) is 18.2 Å². The van der Waals surface area contributed by atoms with Gasteiger partial charge in [0.1, 0.15) is 0 Å². The molecule has 0 unspecified atom stereocenters. The van der Waals surface area contributed by atoms with Crippen molar-refractivity contribution >= 4 is 37.3 Å². The van der Waals surface area contributed by atoms with E-state index in [-0.39, 0.29) is 16.5 Å². The Morgan fingerprint density at radius 3 is 2.57 bits per heavy atom. The van der Waals surface area contributed by atoms with Crippen LogP contribution in [0.15, 0.2) is 47.4 Å². The second-order valence-corrected chi connectivity index (χ2v) is 9.90. The van der Waals surface area contributed by atoms with Crippen molar-refractivity contribution in [1.29, 1.82) is 0 Å². The van der Waals surface area contributed by atoms with Crippen molar-refractivity contribution in [2.75, 3.05) is 13.1 Å². The topological polar surface area (TPSA) is 93.4 Å². The summed E-state index contributed by atoms with van der Waals surface area (Å²) < 4.78 is 28.5. The van der Waals surface area contributed by atoms with Crippen molar-refractivity contribution in [3.05, 3.63) is 63.1 Å². The highest BCUT2D eigenvalue weighted by Gasteiger charge is 2.32. The molecule has 146 valence electrons. The minimum atomic E-state index is -3.75. The number of fused-ring (bicyclic) bond motifs is 1. The molecule has 1 aliphatic rings. The van der Waals surface area contributed by atoms with Crippen LogP contribution in [0.1, 0.15) is 29.3 Å². The third-order valence-electron chi connectivity index (χ3n) is 5.13. The van der Waals surface area contributed by atoms with Crippen LogP contribution >= 0.6 is 11.3 Å². The second-order valence-electron chi connectivity index (χ2n) is 6.90. The van der Waals surface area contributed by atoms with Crippen molar-refractivity contribution in [1.82, 2.24) is 9.29 Å². The van der Waals surface area contributed by atoms with Gasteiger partial charge in [0.2, 0.25) is 10.0 Å². The molecule has 1 aromatic heterocycles. The van der Waals surface area contributed by atoms with Gasteiger partial charge in [-0.2, -0.15) is 4.31 Å². The molecule has 9 heteroatoms. The number of nitrogens with zero attached hydrogens (tertiary/aromatic N) is 3. The van der Waals surface area contributed by atoms with Crippen molar-refractivity contribution < 1.29 is 13.3 Å². The van der Waals surface area contributed by atoms with E-state index in [1.165, 1.54) is 16.4 Å². The average molecular weight is 418 g/mol. The Labute approximate surface area is 166 Å².